The van der Waals surface area contributed by atoms with Gasteiger partial charge in [-0.05, 0) is 49.8 Å². The first kappa shape index (κ1) is 14.8. The number of aryl methyl sites for hydroxylation is 1. The van der Waals surface area contributed by atoms with Crippen LogP contribution in [0, 0.1) is 18.8 Å². The van der Waals surface area contributed by atoms with Gasteiger partial charge in [-0.1, -0.05) is 12.8 Å². The molecule has 0 bridgehead atoms. The highest BCUT2D eigenvalue weighted by atomic mass is 16.5. The number of nitrogens with zero attached hydrogens (tertiary/aromatic N) is 1. The van der Waals surface area contributed by atoms with E-state index in [2.05, 4.69) is 4.98 Å². The van der Waals surface area contributed by atoms with E-state index in [1.807, 2.05) is 6.92 Å². The van der Waals surface area contributed by atoms with E-state index in [0.29, 0.717) is 36.4 Å². The zero-order valence-electron chi connectivity index (χ0n) is 12.0. The van der Waals surface area contributed by atoms with Crippen molar-refractivity contribution in [3.8, 4) is 5.88 Å². The average Bonchev–Trinajstić information content (AvgIpc) is 2.45. The van der Waals surface area contributed by atoms with Crippen LogP contribution in [0.1, 0.15) is 41.6 Å². The zero-order valence-corrected chi connectivity index (χ0v) is 12.0. The second kappa shape index (κ2) is 6.70. The van der Waals surface area contributed by atoms with Crippen LogP contribution in [0.15, 0.2) is 12.3 Å². The van der Waals surface area contributed by atoms with Gasteiger partial charge in [-0.2, -0.15) is 0 Å². The molecule has 0 aliphatic heterocycles. The Morgan fingerprint density at radius 3 is 2.75 bits per heavy atom. The van der Waals surface area contributed by atoms with Gasteiger partial charge in [0.25, 0.3) is 5.91 Å². The van der Waals surface area contributed by atoms with Gasteiger partial charge in [-0.3, -0.25) is 4.79 Å². The van der Waals surface area contributed by atoms with E-state index in [0.717, 1.165) is 18.4 Å². The minimum atomic E-state index is -0.496. The zero-order chi connectivity index (χ0) is 14.5. The Kier molecular flexibility index (Phi) is 4.95. The summed E-state index contributed by atoms with van der Waals surface area (Å²) in [5, 5.41) is 0. The molecule has 1 aromatic rings. The molecule has 5 heteroatoms. The van der Waals surface area contributed by atoms with Crippen molar-refractivity contribution in [2.75, 3.05) is 13.2 Å². The van der Waals surface area contributed by atoms with Crippen molar-refractivity contribution in [3.63, 3.8) is 0 Å². The number of ether oxygens (including phenoxy) is 1. The monoisotopic (exact) mass is 277 g/mol. The number of primary amides is 1. The van der Waals surface area contributed by atoms with Crippen molar-refractivity contribution >= 4 is 5.91 Å². The minimum absolute atomic E-state index is 0.346. The Hall–Kier alpha value is -1.62. The first-order valence-corrected chi connectivity index (χ1v) is 7.21. The van der Waals surface area contributed by atoms with Crippen molar-refractivity contribution in [3.05, 3.63) is 23.4 Å². The van der Waals surface area contributed by atoms with Gasteiger partial charge in [0.1, 0.15) is 5.56 Å². The molecule has 20 heavy (non-hydrogen) atoms. The molecule has 0 radical (unpaired) electrons. The molecular weight excluding hydrogens is 254 g/mol. The SMILES string of the molecule is Cc1ccnc(OCC2CCCCC2CN)c1C(N)=O. The third-order valence-corrected chi connectivity index (χ3v) is 4.17. The second-order valence-corrected chi connectivity index (χ2v) is 5.52. The highest BCUT2D eigenvalue weighted by Crippen LogP contribution is 2.30. The summed E-state index contributed by atoms with van der Waals surface area (Å²) in [5.74, 6) is 0.797. The lowest BCUT2D eigenvalue weighted by Gasteiger charge is -2.30. The van der Waals surface area contributed by atoms with Crippen LogP contribution >= 0.6 is 0 Å². The van der Waals surface area contributed by atoms with Crippen LogP contribution < -0.4 is 16.2 Å². The van der Waals surface area contributed by atoms with Crippen molar-refractivity contribution < 1.29 is 9.53 Å². The highest BCUT2D eigenvalue weighted by molar-refractivity contribution is 5.96. The van der Waals surface area contributed by atoms with Gasteiger partial charge in [0.05, 0.1) is 6.61 Å². The Morgan fingerprint density at radius 1 is 1.40 bits per heavy atom. The van der Waals surface area contributed by atoms with Crippen LogP contribution in [0.25, 0.3) is 0 Å². The summed E-state index contributed by atoms with van der Waals surface area (Å²) < 4.78 is 5.78. The van der Waals surface area contributed by atoms with Gasteiger partial charge in [0, 0.05) is 6.20 Å². The molecular formula is C15H23N3O2. The second-order valence-electron chi connectivity index (χ2n) is 5.52. The molecule has 2 atom stereocenters. The summed E-state index contributed by atoms with van der Waals surface area (Å²) in [7, 11) is 0. The molecule has 4 N–H and O–H groups in total. The van der Waals surface area contributed by atoms with E-state index in [4.69, 9.17) is 16.2 Å². The van der Waals surface area contributed by atoms with E-state index in [1.54, 1.807) is 12.3 Å². The smallest absolute Gasteiger partial charge is 0.254 e. The Labute approximate surface area is 119 Å². The fraction of sp³-hybridized carbons (Fsp3) is 0.600. The van der Waals surface area contributed by atoms with Gasteiger partial charge in [-0.15, -0.1) is 0 Å². The van der Waals surface area contributed by atoms with Crippen molar-refractivity contribution in [2.45, 2.75) is 32.6 Å². The fourth-order valence-corrected chi connectivity index (χ4v) is 2.94. The molecule has 1 heterocycles. The lowest BCUT2D eigenvalue weighted by atomic mass is 9.80. The lowest BCUT2D eigenvalue weighted by Crippen LogP contribution is -2.31. The van der Waals surface area contributed by atoms with Crippen molar-refractivity contribution in [2.24, 2.45) is 23.3 Å². The predicted molar refractivity (Wildman–Crippen MR) is 77.5 cm³/mol. The molecule has 0 aromatic carbocycles. The largest absolute Gasteiger partial charge is 0.477 e. The van der Waals surface area contributed by atoms with Crippen LogP contribution in [0.5, 0.6) is 5.88 Å². The maximum Gasteiger partial charge on any atom is 0.254 e. The number of rotatable bonds is 5. The quantitative estimate of drug-likeness (QED) is 0.855. The first-order chi connectivity index (χ1) is 9.63. The van der Waals surface area contributed by atoms with Crippen LogP contribution in [-0.4, -0.2) is 24.0 Å². The maximum atomic E-state index is 11.5. The fourth-order valence-electron chi connectivity index (χ4n) is 2.94. The molecule has 1 fully saturated rings. The summed E-state index contributed by atoms with van der Waals surface area (Å²) in [5.41, 5.74) is 12.4. The summed E-state index contributed by atoms with van der Waals surface area (Å²) in [6.07, 6.45) is 6.38. The van der Waals surface area contributed by atoms with Crippen LogP contribution in [0.2, 0.25) is 0 Å². The number of carbonyl (C=O) groups is 1. The molecule has 1 amide bonds. The molecule has 1 aliphatic rings. The number of hydrogen-bond donors (Lipinski definition) is 2. The third-order valence-electron chi connectivity index (χ3n) is 4.17. The first-order valence-electron chi connectivity index (χ1n) is 7.21. The minimum Gasteiger partial charge on any atom is -0.477 e. The molecule has 1 aliphatic carbocycles. The molecule has 2 unspecified atom stereocenters. The Balaban J connectivity index is 2.07. The van der Waals surface area contributed by atoms with Crippen molar-refractivity contribution in [1.82, 2.24) is 4.98 Å². The summed E-state index contributed by atoms with van der Waals surface area (Å²) in [6, 6.07) is 1.76. The van der Waals surface area contributed by atoms with E-state index < -0.39 is 5.91 Å². The van der Waals surface area contributed by atoms with Crippen LogP contribution in [0.4, 0.5) is 0 Å². The van der Waals surface area contributed by atoms with Crippen LogP contribution in [-0.2, 0) is 0 Å². The molecule has 1 aromatic heterocycles. The number of hydrogen-bond acceptors (Lipinski definition) is 4. The summed E-state index contributed by atoms with van der Waals surface area (Å²) in [4.78, 5) is 15.6. The molecule has 5 nitrogen and oxygen atoms in total. The van der Waals surface area contributed by atoms with Gasteiger partial charge in [0.15, 0.2) is 0 Å². The highest BCUT2D eigenvalue weighted by Gasteiger charge is 2.25. The van der Waals surface area contributed by atoms with E-state index in [1.165, 1.54) is 12.8 Å². The molecule has 110 valence electrons. The summed E-state index contributed by atoms with van der Waals surface area (Å²) >= 11 is 0. The van der Waals surface area contributed by atoms with E-state index in [-0.39, 0.29) is 0 Å². The number of nitrogens with two attached hydrogens (primary N) is 2. The number of aromatic nitrogens is 1. The van der Waals surface area contributed by atoms with E-state index in [9.17, 15) is 4.79 Å². The van der Waals surface area contributed by atoms with Gasteiger partial charge in [0.2, 0.25) is 5.88 Å². The Bertz CT molecular complexity index is 476. The van der Waals surface area contributed by atoms with Crippen LogP contribution in [0.3, 0.4) is 0 Å². The molecule has 0 spiro atoms. The predicted octanol–water partition coefficient (Wildman–Crippen LogP) is 1.63. The number of pyridine rings is 1. The topological polar surface area (TPSA) is 91.2 Å². The van der Waals surface area contributed by atoms with E-state index >= 15 is 0 Å². The lowest BCUT2D eigenvalue weighted by molar-refractivity contribution is 0.0989. The molecule has 1 saturated carbocycles. The van der Waals surface area contributed by atoms with Gasteiger partial charge < -0.3 is 16.2 Å². The molecule has 2 rings (SSSR count). The molecule has 0 saturated heterocycles. The van der Waals surface area contributed by atoms with Crippen molar-refractivity contribution in [1.29, 1.82) is 0 Å². The standard InChI is InChI=1S/C15H23N3O2/c1-10-6-7-18-15(13(10)14(17)19)20-9-12-5-3-2-4-11(12)8-16/h6-7,11-12H,2-5,8-9,16H2,1H3,(H2,17,19). The third kappa shape index (κ3) is 3.28. The average molecular weight is 277 g/mol. The Morgan fingerprint density at radius 2 is 2.10 bits per heavy atom. The number of carbonyl (C=O) groups excluding carboxylic acids is 1. The number of amides is 1. The summed E-state index contributed by atoms with van der Waals surface area (Å²) in [6.45, 7) is 3.08. The van der Waals surface area contributed by atoms with Gasteiger partial charge >= 0.3 is 0 Å². The maximum absolute atomic E-state index is 11.5. The normalized spacial score (nSPS) is 22.5. The van der Waals surface area contributed by atoms with Gasteiger partial charge in [-0.25, -0.2) is 4.98 Å².